The molecular formula is C10H15NOS. The van der Waals surface area contributed by atoms with Crippen molar-refractivity contribution in [1.82, 2.24) is 0 Å². The lowest BCUT2D eigenvalue weighted by Crippen LogP contribution is -2.33. The predicted molar refractivity (Wildman–Crippen MR) is 56.2 cm³/mol. The first-order chi connectivity index (χ1) is 6.29. The number of anilines is 1. The Hall–Kier alpha value is -0.540. The van der Waals surface area contributed by atoms with E-state index in [-0.39, 0.29) is 0 Å². The third kappa shape index (κ3) is 2.23. The van der Waals surface area contributed by atoms with E-state index < -0.39 is 5.60 Å². The van der Waals surface area contributed by atoms with Gasteiger partial charge in [-0.1, -0.05) is 12.8 Å². The zero-order chi connectivity index (χ0) is 9.15. The average Bonchev–Trinajstić information content (AvgIpc) is 2.72. The van der Waals surface area contributed by atoms with E-state index >= 15 is 0 Å². The minimum Gasteiger partial charge on any atom is -0.388 e. The maximum Gasteiger partial charge on any atom is 0.0819 e. The summed E-state index contributed by atoms with van der Waals surface area (Å²) in [5.74, 6) is 0. The molecular weight excluding hydrogens is 182 g/mol. The number of hydrogen-bond acceptors (Lipinski definition) is 3. The molecule has 1 heterocycles. The number of hydrogen-bond donors (Lipinski definition) is 2. The molecule has 0 aliphatic heterocycles. The molecule has 0 atom stereocenters. The largest absolute Gasteiger partial charge is 0.388 e. The van der Waals surface area contributed by atoms with Crippen molar-refractivity contribution >= 4 is 17.0 Å². The highest BCUT2D eigenvalue weighted by atomic mass is 32.1. The Morgan fingerprint density at radius 1 is 1.46 bits per heavy atom. The Balaban J connectivity index is 1.85. The highest BCUT2D eigenvalue weighted by molar-refractivity contribution is 7.08. The van der Waals surface area contributed by atoms with Crippen LogP contribution in [0, 0.1) is 0 Å². The first kappa shape index (κ1) is 9.03. The van der Waals surface area contributed by atoms with Crippen LogP contribution >= 0.6 is 11.3 Å². The van der Waals surface area contributed by atoms with E-state index in [1.807, 2.05) is 11.4 Å². The van der Waals surface area contributed by atoms with E-state index in [0.717, 1.165) is 18.5 Å². The summed E-state index contributed by atoms with van der Waals surface area (Å²) in [5.41, 5.74) is 0.687. The highest BCUT2D eigenvalue weighted by Crippen LogP contribution is 2.29. The fraction of sp³-hybridized carbons (Fsp3) is 0.600. The summed E-state index contributed by atoms with van der Waals surface area (Å²) in [6.45, 7) is 0.698. The van der Waals surface area contributed by atoms with Crippen molar-refractivity contribution in [2.24, 2.45) is 0 Å². The quantitative estimate of drug-likeness (QED) is 0.780. The van der Waals surface area contributed by atoms with Gasteiger partial charge in [0, 0.05) is 17.6 Å². The van der Waals surface area contributed by atoms with Crippen LogP contribution in [0.15, 0.2) is 16.8 Å². The molecule has 0 amide bonds. The molecule has 72 valence electrons. The zero-order valence-corrected chi connectivity index (χ0v) is 8.44. The van der Waals surface area contributed by atoms with Crippen LogP contribution < -0.4 is 5.32 Å². The lowest BCUT2D eigenvalue weighted by Gasteiger charge is -2.22. The zero-order valence-electron chi connectivity index (χ0n) is 7.62. The van der Waals surface area contributed by atoms with Crippen molar-refractivity contribution in [3.63, 3.8) is 0 Å². The van der Waals surface area contributed by atoms with Gasteiger partial charge in [0.15, 0.2) is 0 Å². The van der Waals surface area contributed by atoms with Gasteiger partial charge in [-0.25, -0.2) is 0 Å². The summed E-state index contributed by atoms with van der Waals surface area (Å²) >= 11 is 1.68. The summed E-state index contributed by atoms with van der Waals surface area (Å²) < 4.78 is 0. The summed E-state index contributed by atoms with van der Waals surface area (Å²) in [4.78, 5) is 0. The maximum absolute atomic E-state index is 10.0. The average molecular weight is 197 g/mol. The molecule has 2 nitrogen and oxygen atoms in total. The number of nitrogens with one attached hydrogen (secondary N) is 1. The summed E-state index contributed by atoms with van der Waals surface area (Å²) in [7, 11) is 0. The topological polar surface area (TPSA) is 32.3 Å². The molecule has 0 spiro atoms. The van der Waals surface area contributed by atoms with Gasteiger partial charge in [0.2, 0.25) is 0 Å². The Labute approximate surface area is 82.6 Å². The summed E-state index contributed by atoms with van der Waals surface area (Å²) in [6.07, 6.45) is 4.23. The molecule has 2 N–H and O–H groups in total. The van der Waals surface area contributed by atoms with Gasteiger partial charge in [-0.15, -0.1) is 0 Å². The smallest absolute Gasteiger partial charge is 0.0819 e. The van der Waals surface area contributed by atoms with E-state index in [0.29, 0.717) is 6.54 Å². The molecule has 1 aliphatic carbocycles. The number of thiophene rings is 1. The predicted octanol–water partition coefficient (Wildman–Crippen LogP) is 2.47. The van der Waals surface area contributed by atoms with Crippen molar-refractivity contribution in [1.29, 1.82) is 0 Å². The van der Waals surface area contributed by atoms with Gasteiger partial charge < -0.3 is 10.4 Å². The van der Waals surface area contributed by atoms with Crippen molar-refractivity contribution in [3.8, 4) is 0 Å². The van der Waals surface area contributed by atoms with E-state index in [1.165, 1.54) is 12.8 Å². The number of aliphatic hydroxyl groups is 1. The van der Waals surface area contributed by atoms with Crippen LogP contribution in [-0.4, -0.2) is 17.3 Å². The molecule has 0 aromatic carbocycles. The van der Waals surface area contributed by atoms with Crippen LogP contribution in [0.3, 0.4) is 0 Å². The first-order valence-electron chi connectivity index (χ1n) is 4.77. The second kappa shape index (κ2) is 3.68. The van der Waals surface area contributed by atoms with E-state index in [9.17, 15) is 5.11 Å². The van der Waals surface area contributed by atoms with Crippen LogP contribution in [0.2, 0.25) is 0 Å². The molecule has 2 rings (SSSR count). The maximum atomic E-state index is 10.0. The first-order valence-corrected chi connectivity index (χ1v) is 5.71. The Morgan fingerprint density at radius 2 is 2.23 bits per heavy atom. The van der Waals surface area contributed by atoms with Crippen LogP contribution in [0.4, 0.5) is 5.69 Å². The van der Waals surface area contributed by atoms with Gasteiger partial charge in [-0.3, -0.25) is 0 Å². The third-order valence-corrected chi connectivity index (χ3v) is 3.36. The van der Waals surface area contributed by atoms with Crippen LogP contribution in [0.25, 0.3) is 0 Å². The lowest BCUT2D eigenvalue weighted by molar-refractivity contribution is 0.0615. The fourth-order valence-corrected chi connectivity index (χ4v) is 2.45. The standard InChI is InChI=1S/C10H15NOS/c12-10(4-1-2-5-10)8-11-9-3-6-13-7-9/h3,6-7,11-12H,1-2,4-5,8H2. The molecule has 1 aromatic rings. The molecule has 1 saturated carbocycles. The van der Waals surface area contributed by atoms with E-state index in [4.69, 9.17) is 0 Å². The molecule has 0 bridgehead atoms. The Morgan fingerprint density at radius 3 is 2.85 bits per heavy atom. The molecule has 1 fully saturated rings. The Bertz CT molecular complexity index is 252. The molecule has 0 radical (unpaired) electrons. The van der Waals surface area contributed by atoms with Gasteiger partial charge in [-0.05, 0) is 24.3 Å². The lowest BCUT2D eigenvalue weighted by atomic mass is 10.0. The SMILES string of the molecule is OC1(CNc2ccsc2)CCCC1. The van der Waals surface area contributed by atoms with Gasteiger partial charge in [-0.2, -0.15) is 11.3 Å². The molecule has 13 heavy (non-hydrogen) atoms. The van der Waals surface area contributed by atoms with Crippen molar-refractivity contribution in [3.05, 3.63) is 16.8 Å². The van der Waals surface area contributed by atoms with Crippen molar-refractivity contribution < 1.29 is 5.11 Å². The van der Waals surface area contributed by atoms with Crippen molar-refractivity contribution in [2.75, 3.05) is 11.9 Å². The minimum atomic E-state index is -0.443. The normalized spacial score (nSPS) is 20.4. The second-order valence-corrected chi connectivity index (χ2v) is 4.58. The molecule has 1 aliphatic rings. The van der Waals surface area contributed by atoms with Crippen LogP contribution in [-0.2, 0) is 0 Å². The van der Waals surface area contributed by atoms with Crippen LogP contribution in [0.1, 0.15) is 25.7 Å². The fourth-order valence-electron chi connectivity index (χ4n) is 1.84. The van der Waals surface area contributed by atoms with Gasteiger partial charge in [0.1, 0.15) is 0 Å². The second-order valence-electron chi connectivity index (χ2n) is 3.80. The molecule has 0 saturated heterocycles. The molecule has 3 heteroatoms. The van der Waals surface area contributed by atoms with Gasteiger partial charge in [0.25, 0.3) is 0 Å². The summed E-state index contributed by atoms with van der Waals surface area (Å²) in [6, 6.07) is 2.04. The highest BCUT2D eigenvalue weighted by Gasteiger charge is 2.30. The van der Waals surface area contributed by atoms with Crippen LogP contribution in [0.5, 0.6) is 0 Å². The van der Waals surface area contributed by atoms with Gasteiger partial charge in [0.05, 0.1) is 5.60 Å². The molecule has 0 unspecified atom stereocenters. The van der Waals surface area contributed by atoms with Crippen molar-refractivity contribution in [2.45, 2.75) is 31.3 Å². The number of rotatable bonds is 3. The minimum absolute atomic E-state index is 0.443. The third-order valence-electron chi connectivity index (χ3n) is 2.68. The Kier molecular flexibility index (Phi) is 2.56. The molecule has 1 aromatic heterocycles. The van der Waals surface area contributed by atoms with Gasteiger partial charge >= 0.3 is 0 Å². The van der Waals surface area contributed by atoms with E-state index in [1.54, 1.807) is 11.3 Å². The monoisotopic (exact) mass is 197 g/mol. The van der Waals surface area contributed by atoms with E-state index in [2.05, 4.69) is 10.7 Å². The summed E-state index contributed by atoms with van der Waals surface area (Å²) in [5, 5.41) is 17.4.